The van der Waals surface area contributed by atoms with Gasteiger partial charge in [-0.15, -0.1) is 0 Å². The molecule has 1 aromatic rings. The average molecular weight is 350 g/mol. The van der Waals surface area contributed by atoms with E-state index >= 15 is 0 Å². The van der Waals surface area contributed by atoms with E-state index in [2.05, 4.69) is 20.6 Å². The summed E-state index contributed by atoms with van der Waals surface area (Å²) in [5.74, 6) is 2.05. The van der Waals surface area contributed by atoms with Gasteiger partial charge in [-0.1, -0.05) is 0 Å². The largest absolute Gasteiger partial charge is 0.481 e. The number of aromatic nitrogens is 1. The summed E-state index contributed by atoms with van der Waals surface area (Å²) in [6.45, 7) is 4.86. The number of pyridine rings is 1. The highest BCUT2D eigenvalue weighted by molar-refractivity contribution is 5.79. The molecule has 0 spiro atoms. The lowest BCUT2D eigenvalue weighted by Crippen LogP contribution is -2.37. The van der Waals surface area contributed by atoms with Crippen LogP contribution in [0.15, 0.2) is 23.3 Å². The molecule has 1 saturated heterocycles. The molecule has 7 heteroatoms. The van der Waals surface area contributed by atoms with Crippen molar-refractivity contribution in [2.75, 3.05) is 47.1 Å². The predicted octanol–water partition coefficient (Wildman–Crippen LogP) is 1.59. The molecular formula is C18H30N4O3. The number of rotatable bonds is 9. The molecule has 1 aliphatic heterocycles. The van der Waals surface area contributed by atoms with Crippen LogP contribution in [0.2, 0.25) is 0 Å². The first-order valence-corrected chi connectivity index (χ1v) is 8.90. The Morgan fingerprint density at radius 1 is 1.36 bits per heavy atom. The predicted molar refractivity (Wildman–Crippen MR) is 98.0 cm³/mol. The number of hydrogen-bond acceptors (Lipinski definition) is 5. The number of aliphatic imine (C=N–C) groups is 1. The van der Waals surface area contributed by atoms with E-state index in [9.17, 15) is 0 Å². The third-order valence-electron chi connectivity index (χ3n) is 4.14. The molecule has 2 heterocycles. The molecule has 2 N–H and O–H groups in total. The summed E-state index contributed by atoms with van der Waals surface area (Å²) in [5, 5.41) is 6.58. The molecule has 0 amide bonds. The van der Waals surface area contributed by atoms with E-state index in [1.807, 2.05) is 12.1 Å². The zero-order chi connectivity index (χ0) is 17.7. The van der Waals surface area contributed by atoms with Gasteiger partial charge in [-0.05, 0) is 36.8 Å². The van der Waals surface area contributed by atoms with Crippen LogP contribution in [-0.2, 0) is 16.0 Å². The van der Waals surface area contributed by atoms with Crippen molar-refractivity contribution in [1.29, 1.82) is 0 Å². The molecular weight excluding hydrogens is 320 g/mol. The first-order chi connectivity index (χ1) is 12.3. The van der Waals surface area contributed by atoms with Crippen molar-refractivity contribution in [1.82, 2.24) is 15.6 Å². The molecule has 0 aromatic carbocycles. The quantitative estimate of drug-likeness (QED) is 0.400. The van der Waals surface area contributed by atoms with E-state index in [0.29, 0.717) is 18.3 Å². The number of methoxy groups -OCH3 is 1. The lowest BCUT2D eigenvalue weighted by Gasteiger charge is -2.21. The third-order valence-corrected chi connectivity index (χ3v) is 4.14. The standard InChI is InChI=1S/C18H30N4O3/c1-19-18(22-13-16-4-8-20-17(12-16)23-2)21-7-3-9-25-14-15-5-10-24-11-6-15/h4,8,12,15H,3,5-7,9-11,13-14H2,1-2H3,(H2,19,21,22). The topological polar surface area (TPSA) is 77.0 Å². The molecule has 0 aliphatic carbocycles. The van der Waals surface area contributed by atoms with Gasteiger partial charge in [0.25, 0.3) is 0 Å². The molecule has 0 unspecified atom stereocenters. The van der Waals surface area contributed by atoms with Crippen molar-refractivity contribution >= 4 is 5.96 Å². The maximum absolute atomic E-state index is 5.77. The Kier molecular flexibility index (Phi) is 9.07. The Bertz CT molecular complexity index is 519. The molecule has 0 bridgehead atoms. The number of nitrogens with one attached hydrogen (secondary N) is 2. The van der Waals surface area contributed by atoms with E-state index in [1.165, 1.54) is 0 Å². The SMILES string of the molecule is CN=C(NCCCOCC1CCOCC1)NCc1ccnc(OC)c1. The zero-order valence-corrected chi connectivity index (χ0v) is 15.3. The summed E-state index contributed by atoms with van der Waals surface area (Å²) in [6.07, 6.45) is 4.93. The highest BCUT2D eigenvalue weighted by Gasteiger charge is 2.13. The third kappa shape index (κ3) is 7.70. The second-order valence-electron chi connectivity index (χ2n) is 6.04. The van der Waals surface area contributed by atoms with Gasteiger partial charge in [0.1, 0.15) is 0 Å². The lowest BCUT2D eigenvalue weighted by molar-refractivity contribution is 0.0203. The summed E-state index contributed by atoms with van der Waals surface area (Å²) >= 11 is 0. The fourth-order valence-corrected chi connectivity index (χ4v) is 2.62. The highest BCUT2D eigenvalue weighted by Crippen LogP contribution is 2.14. The Morgan fingerprint density at radius 2 is 2.20 bits per heavy atom. The summed E-state index contributed by atoms with van der Waals surface area (Å²) in [5.41, 5.74) is 1.09. The monoisotopic (exact) mass is 350 g/mol. The summed E-state index contributed by atoms with van der Waals surface area (Å²) < 4.78 is 16.3. The number of ether oxygens (including phenoxy) is 3. The minimum atomic E-state index is 0.615. The minimum absolute atomic E-state index is 0.615. The minimum Gasteiger partial charge on any atom is -0.481 e. The Morgan fingerprint density at radius 3 is 2.96 bits per heavy atom. The van der Waals surface area contributed by atoms with E-state index < -0.39 is 0 Å². The average Bonchev–Trinajstić information content (AvgIpc) is 2.67. The van der Waals surface area contributed by atoms with Crippen molar-refractivity contribution in [2.45, 2.75) is 25.8 Å². The molecule has 7 nitrogen and oxygen atoms in total. The first kappa shape index (κ1) is 19.5. The number of nitrogens with zero attached hydrogens (tertiary/aromatic N) is 2. The lowest BCUT2D eigenvalue weighted by atomic mass is 10.0. The molecule has 0 radical (unpaired) electrons. The normalized spacial score (nSPS) is 15.8. The van der Waals surface area contributed by atoms with Crippen LogP contribution in [0.4, 0.5) is 0 Å². The van der Waals surface area contributed by atoms with Crippen molar-refractivity contribution < 1.29 is 14.2 Å². The Labute approximate surface area is 150 Å². The number of guanidine groups is 1. The molecule has 1 aromatic heterocycles. The van der Waals surface area contributed by atoms with Crippen LogP contribution in [0.1, 0.15) is 24.8 Å². The fraction of sp³-hybridized carbons (Fsp3) is 0.667. The van der Waals surface area contributed by atoms with Crippen molar-refractivity contribution in [3.63, 3.8) is 0 Å². The van der Waals surface area contributed by atoms with Crippen LogP contribution in [0.5, 0.6) is 5.88 Å². The number of hydrogen-bond donors (Lipinski definition) is 2. The van der Waals surface area contributed by atoms with E-state index in [0.717, 1.165) is 63.8 Å². The summed E-state index contributed by atoms with van der Waals surface area (Å²) in [4.78, 5) is 8.33. The van der Waals surface area contributed by atoms with Crippen LogP contribution in [-0.4, -0.2) is 58.1 Å². The maximum Gasteiger partial charge on any atom is 0.213 e. The van der Waals surface area contributed by atoms with Gasteiger partial charge in [0.2, 0.25) is 5.88 Å². The van der Waals surface area contributed by atoms with Crippen LogP contribution >= 0.6 is 0 Å². The van der Waals surface area contributed by atoms with Gasteiger partial charge in [0.05, 0.1) is 7.11 Å². The molecule has 140 valence electrons. The Hall–Kier alpha value is -1.86. The maximum atomic E-state index is 5.77. The van der Waals surface area contributed by atoms with Gasteiger partial charge in [-0.2, -0.15) is 0 Å². The van der Waals surface area contributed by atoms with Gasteiger partial charge in [-0.3, -0.25) is 4.99 Å². The van der Waals surface area contributed by atoms with E-state index in [4.69, 9.17) is 14.2 Å². The fourth-order valence-electron chi connectivity index (χ4n) is 2.62. The van der Waals surface area contributed by atoms with Crippen LogP contribution < -0.4 is 15.4 Å². The van der Waals surface area contributed by atoms with Crippen LogP contribution in [0.3, 0.4) is 0 Å². The second-order valence-corrected chi connectivity index (χ2v) is 6.04. The molecule has 1 aliphatic rings. The summed E-state index contributed by atoms with van der Waals surface area (Å²) in [6, 6.07) is 3.86. The van der Waals surface area contributed by atoms with Gasteiger partial charge < -0.3 is 24.8 Å². The molecule has 1 fully saturated rings. The van der Waals surface area contributed by atoms with E-state index in [1.54, 1.807) is 20.4 Å². The van der Waals surface area contributed by atoms with Crippen LogP contribution in [0, 0.1) is 5.92 Å². The smallest absolute Gasteiger partial charge is 0.213 e. The van der Waals surface area contributed by atoms with Crippen molar-refractivity contribution in [3.8, 4) is 5.88 Å². The molecule has 2 rings (SSSR count). The highest BCUT2D eigenvalue weighted by atomic mass is 16.5. The molecule has 0 atom stereocenters. The van der Waals surface area contributed by atoms with Gasteiger partial charge in [-0.25, -0.2) is 4.98 Å². The van der Waals surface area contributed by atoms with Gasteiger partial charge >= 0.3 is 0 Å². The molecule has 0 saturated carbocycles. The first-order valence-electron chi connectivity index (χ1n) is 8.90. The van der Waals surface area contributed by atoms with Gasteiger partial charge in [0.15, 0.2) is 5.96 Å². The molecule has 25 heavy (non-hydrogen) atoms. The van der Waals surface area contributed by atoms with E-state index in [-0.39, 0.29) is 0 Å². The van der Waals surface area contributed by atoms with Crippen molar-refractivity contribution in [2.24, 2.45) is 10.9 Å². The Balaban J connectivity index is 1.55. The van der Waals surface area contributed by atoms with Crippen LogP contribution in [0.25, 0.3) is 0 Å². The van der Waals surface area contributed by atoms with Crippen molar-refractivity contribution in [3.05, 3.63) is 23.9 Å². The van der Waals surface area contributed by atoms with Gasteiger partial charge in [0, 0.05) is 58.8 Å². The second kappa shape index (κ2) is 11.7. The summed E-state index contributed by atoms with van der Waals surface area (Å²) in [7, 11) is 3.38. The zero-order valence-electron chi connectivity index (χ0n) is 15.3.